The van der Waals surface area contributed by atoms with Gasteiger partial charge in [0.25, 0.3) is 5.91 Å². The molecule has 1 amide bonds. The van der Waals surface area contributed by atoms with Crippen LogP contribution in [0, 0.1) is 6.92 Å². The number of halogens is 1. The quantitative estimate of drug-likeness (QED) is 0.416. The predicted octanol–water partition coefficient (Wildman–Crippen LogP) is 5.79. The van der Waals surface area contributed by atoms with Gasteiger partial charge in [0.15, 0.2) is 6.17 Å². The van der Waals surface area contributed by atoms with Gasteiger partial charge in [0.05, 0.1) is 16.8 Å². The molecule has 0 saturated heterocycles. The van der Waals surface area contributed by atoms with Crippen molar-refractivity contribution < 1.29 is 4.79 Å². The number of hydrogen-bond donors (Lipinski definition) is 2. The predicted molar refractivity (Wildman–Crippen MR) is 121 cm³/mol. The third kappa shape index (κ3) is 3.23. The highest BCUT2D eigenvalue weighted by Gasteiger charge is 2.35. The van der Waals surface area contributed by atoms with Gasteiger partial charge in [-0.05, 0) is 49.4 Å². The summed E-state index contributed by atoms with van der Waals surface area (Å²) < 4.78 is 0. The molecule has 6 heteroatoms. The maximum Gasteiger partial charge on any atom is 0.276 e. The molecule has 5 rings (SSSR count). The second kappa shape index (κ2) is 7.35. The fraction of sp³-hybridized carbons (Fsp3) is 0.0833. The van der Waals surface area contributed by atoms with Crippen molar-refractivity contribution in [2.24, 2.45) is 0 Å². The minimum Gasteiger partial charge on any atom is -0.359 e. The third-order valence-electron chi connectivity index (χ3n) is 5.20. The standard InChI is InChI=1S/C24H19ClN4O/c1-15-11-12-20-16(13-15)14-19(22(25)26-20)23-27-21-10-6-5-9-18(21)24(30)29(23)28-17-7-3-2-4-8-17/h2-14,23,27-28H,1H3. The van der Waals surface area contributed by atoms with Crippen molar-refractivity contribution in [1.29, 1.82) is 0 Å². The summed E-state index contributed by atoms with van der Waals surface area (Å²) in [5, 5.41) is 6.36. The number of rotatable bonds is 3. The van der Waals surface area contributed by atoms with Crippen LogP contribution in [0.15, 0.2) is 78.9 Å². The second-order valence-electron chi connectivity index (χ2n) is 7.31. The first-order valence-corrected chi connectivity index (χ1v) is 10.1. The molecule has 1 aromatic heterocycles. The van der Waals surface area contributed by atoms with Crippen molar-refractivity contribution in [3.8, 4) is 0 Å². The smallest absolute Gasteiger partial charge is 0.276 e. The van der Waals surface area contributed by atoms with Gasteiger partial charge in [0, 0.05) is 16.6 Å². The lowest BCUT2D eigenvalue weighted by molar-refractivity contribution is 0.0733. The molecule has 2 heterocycles. The van der Waals surface area contributed by atoms with Gasteiger partial charge in [-0.1, -0.05) is 53.6 Å². The Morgan fingerprint density at radius 3 is 2.60 bits per heavy atom. The molecule has 4 aromatic rings. The van der Waals surface area contributed by atoms with Gasteiger partial charge in [-0.25, -0.2) is 9.99 Å². The van der Waals surface area contributed by atoms with E-state index >= 15 is 0 Å². The summed E-state index contributed by atoms with van der Waals surface area (Å²) in [6.45, 7) is 2.04. The van der Waals surface area contributed by atoms with Crippen molar-refractivity contribution in [3.05, 3.63) is 101 Å². The van der Waals surface area contributed by atoms with Crippen molar-refractivity contribution in [3.63, 3.8) is 0 Å². The highest BCUT2D eigenvalue weighted by Crippen LogP contribution is 2.36. The van der Waals surface area contributed by atoms with E-state index in [9.17, 15) is 4.79 Å². The van der Waals surface area contributed by atoms with Crippen LogP contribution in [0.4, 0.5) is 11.4 Å². The number of nitrogens with one attached hydrogen (secondary N) is 2. The van der Waals surface area contributed by atoms with Crippen molar-refractivity contribution in [2.75, 3.05) is 10.7 Å². The lowest BCUT2D eigenvalue weighted by atomic mass is 10.0. The van der Waals surface area contributed by atoms with Crippen LogP contribution in [0.25, 0.3) is 10.9 Å². The average Bonchev–Trinajstić information content (AvgIpc) is 2.76. The number of fused-ring (bicyclic) bond motifs is 2. The number of pyridine rings is 1. The van der Waals surface area contributed by atoms with E-state index in [4.69, 9.17) is 11.6 Å². The molecule has 5 nitrogen and oxygen atoms in total. The molecule has 1 aliphatic rings. The molecule has 0 fully saturated rings. The van der Waals surface area contributed by atoms with E-state index in [0.29, 0.717) is 10.7 Å². The Hall–Kier alpha value is -3.57. The number of carbonyl (C=O) groups excluding carboxylic acids is 1. The lowest BCUT2D eigenvalue weighted by Gasteiger charge is -2.38. The van der Waals surface area contributed by atoms with E-state index in [1.54, 1.807) is 5.01 Å². The zero-order chi connectivity index (χ0) is 20.7. The van der Waals surface area contributed by atoms with E-state index in [1.807, 2.05) is 79.7 Å². The zero-order valence-electron chi connectivity index (χ0n) is 16.3. The maximum absolute atomic E-state index is 13.4. The largest absolute Gasteiger partial charge is 0.359 e. The SMILES string of the molecule is Cc1ccc2nc(Cl)c(C3Nc4ccccc4C(=O)N3Nc3ccccc3)cc2c1. The van der Waals surface area contributed by atoms with Crippen LogP contribution < -0.4 is 10.7 Å². The summed E-state index contributed by atoms with van der Waals surface area (Å²) in [6.07, 6.45) is -0.530. The number of aromatic nitrogens is 1. The zero-order valence-corrected chi connectivity index (χ0v) is 17.0. The number of para-hydroxylation sites is 2. The Morgan fingerprint density at radius 1 is 1.00 bits per heavy atom. The van der Waals surface area contributed by atoms with Crippen molar-refractivity contribution in [1.82, 2.24) is 9.99 Å². The van der Waals surface area contributed by atoms with Crippen LogP contribution in [0.1, 0.15) is 27.7 Å². The summed E-state index contributed by atoms with van der Waals surface area (Å²) in [7, 11) is 0. The van der Waals surface area contributed by atoms with Crippen LogP contribution in [-0.4, -0.2) is 15.9 Å². The number of benzene rings is 3. The molecule has 30 heavy (non-hydrogen) atoms. The van der Waals surface area contributed by atoms with Crippen molar-refractivity contribution in [2.45, 2.75) is 13.1 Å². The number of amides is 1. The highest BCUT2D eigenvalue weighted by molar-refractivity contribution is 6.30. The average molecular weight is 415 g/mol. The fourth-order valence-corrected chi connectivity index (χ4v) is 3.97. The molecule has 1 unspecified atom stereocenters. The first-order chi connectivity index (χ1) is 14.6. The number of nitrogens with zero attached hydrogens (tertiary/aromatic N) is 2. The molecular weight excluding hydrogens is 396 g/mol. The number of aryl methyl sites for hydroxylation is 1. The number of hydrazine groups is 1. The first-order valence-electron chi connectivity index (χ1n) is 9.68. The molecule has 0 spiro atoms. The molecule has 148 valence electrons. The van der Waals surface area contributed by atoms with E-state index < -0.39 is 6.17 Å². The lowest BCUT2D eigenvalue weighted by Crippen LogP contribution is -2.46. The minimum absolute atomic E-state index is 0.140. The summed E-state index contributed by atoms with van der Waals surface area (Å²) in [6, 6.07) is 25.1. The Kier molecular flexibility index (Phi) is 4.52. The normalized spacial score (nSPS) is 15.6. The fourth-order valence-electron chi connectivity index (χ4n) is 3.72. The van der Waals surface area contributed by atoms with Gasteiger partial charge in [0.2, 0.25) is 0 Å². The molecule has 1 atom stereocenters. The summed E-state index contributed by atoms with van der Waals surface area (Å²) in [4.78, 5) is 18.0. The summed E-state index contributed by atoms with van der Waals surface area (Å²) in [5.74, 6) is -0.140. The Bertz CT molecular complexity index is 1260. The molecular formula is C24H19ClN4O. The molecule has 2 N–H and O–H groups in total. The minimum atomic E-state index is -0.530. The summed E-state index contributed by atoms with van der Waals surface area (Å²) >= 11 is 6.60. The Labute approximate surface area is 179 Å². The van der Waals surface area contributed by atoms with Gasteiger partial charge in [-0.15, -0.1) is 0 Å². The second-order valence-corrected chi connectivity index (χ2v) is 7.67. The number of anilines is 2. The number of carbonyl (C=O) groups is 1. The molecule has 0 aliphatic carbocycles. The Balaban J connectivity index is 1.65. The first kappa shape index (κ1) is 18.5. The highest BCUT2D eigenvalue weighted by atomic mass is 35.5. The topological polar surface area (TPSA) is 57.3 Å². The van der Waals surface area contributed by atoms with Gasteiger partial charge >= 0.3 is 0 Å². The molecule has 1 aliphatic heterocycles. The molecule has 0 bridgehead atoms. The van der Waals surface area contributed by atoms with Gasteiger partial charge in [-0.2, -0.15) is 0 Å². The van der Waals surface area contributed by atoms with E-state index in [0.717, 1.165) is 33.4 Å². The monoisotopic (exact) mass is 414 g/mol. The summed E-state index contributed by atoms with van der Waals surface area (Å²) in [5.41, 5.74) is 8.08. The van der Waals surface area contributed by atoms with Crippen LogP contribution in [0.3, 0.4) is 0 Å². The Morgan fingerprint density at radius 2 is 1.77 bits per heavy atom. The van der Waals surface area contributed by atoms with Gasteiger partial charge in [0.1, 0.15) is 5.15 Å². The van der Waals surface area contributed by atoms with E-state index in [1.165, 1.54) is 0 Å². The number of hydrogen-bond acceptors (Lipinski definition) is 4. The van der Waals surface area contributed by atoms with Gasteiger partial charge in [-0.3, -0.25) is 10.2 Å². The maximum atomic E-state index is 13.4. The van der Waals surface area contributed by atoms with Crippen LogP contribution in [-0.2, 0) is 0 Å². The van der Waals surface area contributed by atoms with Crippen LogP contribution in [0.2, 0.25) is 5.15 Å². The van der Waals surface area contributed by atoms with E-state index in [2.05, 4.69) is 21.8 Å². The van der Waals surface area contributed by atoms with Crippen LogP contribution in [0.5, 0.6) is 0 Å². The van der Waals surface area contributed by atoms with Crippen molar-refractivity contribution >= 4 is 39.8 Å². The van der Waals surface area contributed by atoms with Gasteiger partial charge < -0.3 is 5.32 Å². The molecule has 0 saturated carbocycles. The molecule has 3 aromatic carbocycles. The van der Waals surface area contributed by atoms with Crippen LogP contribution >= 0.6 is 11.6 Å². The third-order valence-corrected chi connectivity index (χ3v) is 5.50. The molecule has 0 radical (unpaired) electrons. The van der Waals surface area contributed by atoms with E-state index in [-0.39, 0.29) is 5.91 Å².